The first-order chi connectivity index (χ1) is 8.75. The lowest BCUT2D eigenvalue weighted by molar-refractivity contribution is 0.502. The van der Waals surface area contributed by atoms with Crippen molar-refractivity contribution in [3.8, 4) is 0 Å². The first-order valence-electron chi connectivity index (χ1n) is 7.48. The molecule has 0 nitrogen and oxygen atoms in total. The molecule has 1 saturated carbocycles. The predicted octanol–water partition coefficient (Wildman–Crippen LogP) is 5.31. The summed E-state index contributed by atoms with van der Waals surface area (Å²) >= 11 is 0. The molecular formula is C18H26. The molecule has 2 atom stereocenters. The van der Waals surface area contributed by atoms with Gasteiger partial charge in [-0.05, 0) is 50.0 Å². The van der Waals surface area contributed by atoms with Crippen LogP contribution < -0.4 is 0 Å². The molecule has 1 aliphatic carbocycles. The topological polar surface area (TPSA) is 0 Å². The van der Waals surface area contributed by atoms with E-state index in [4.69, 9.17) is 0 Å². The Morgan fingerprint density at radius 1 is 1.28 bits per heavy atom. The van der Waals surface area contributed by atoms with Crippen LogP contribution >= 0.6 is 0 Å². The van der Waals surface area contributed by atoms with Crippen LogP contribution in [0, 0.1) is 18.8 Å². The minimum atomic E-state index is 0.865. The molecule has 0 amide bonds. The SMILES string of the molecule is Cc1cccc(CCC/C=C/C2CCCC2C)c1. The normalized spacial score (nSPS) is 23.9. The van der Waals surface area contributed by atoms with Gasteiger partial charge in [0.1, 0.15) is 0 Å². The molecule has 2 rings (SSSR count). The van der Waals surface area contributed by atoms with Gasteiger partial charge in [0.15, 0.2) is 0 Å². The molecule has 1 aromatic rings. The Kier molecular flexibility index (Phi) is 5.04. The van der Waals surface area contributed by atoms with Gasteiger partial charge in [0.25, 0.3) is 0 Å². The second kappa shape index (κ2) is 6.78. The first kappa shape index (κ1) is 13.4. The van der Waals surface area contributed by atoms with E-state index in [0.717, 1.165) is 11.8 Å². The van der Waals surface area contributed by atoms with E-state index in [9.17, 15) is 0 Å². The molecule has 98 valence electrons. The van der Waals surface area contributed by atoms with Crippen molar-refractivity contribution in [1.82, 2.24) is 0 Å². The van der Waals surface area contributed by atoms with E-state index in [1.54, 1.807) is 0 Å². The number of aryl methyl sites for hydroxylation is 2. The Morgan fingerprint density at radius 2 is 2.17 bits per heavy atom. The third kappa shape index (κ3) is 4.01. The highest BCUT2D eigenvalue weighted by Gasteiger charge is 2.19. The van der Waals surface area contributed by atoms with E-state index in [-0.39, 0.29) is 0 Å². The zero-order valence-electron chi connectivity index (χ0n) is 11.9. The molecule has 1 aliphatic rings. The standard InChI is InChI=1S/C18H26/c1-15-8-6-11-17(14-15)10-4-3-5-12-18-13-7-9-16(18)2/h5-6,8,11-12,14,16,18H,3-4,7,9-10,13H2,1-2H3/b12-5+. The van der Waals surface area contributed by atoms with E-state index >= 15 is 0 Å². The summed E-state index contributed by atoms with van der Waals surface area (Å²) in [6, 6.07) is 8.89. The molecule has 0 radical (unpaired) electrons. The number of hydrogen-bond donors (Lipinski definition) is 0. The van der Waals surface area contributed by atoms with Gasteiger partial charge >= 0.3 is 0 Å². The van der Waals surface area contributed by atoms with Crippen molar-refractivity contribution in [2.75, 3.05) is 0 Å². The first-order valence-corrected chi connectivity index (χ1v) is 7.48. The van der Waals surface area contributed by atoms with Gasteiger partial charge in [0, 0.05) is 0 Å². The van der Waals surface area contributed by atoms with Crippen molar-refractivity contribution in [3.05, 3.63) is 47.5 Å². The number of unbranched alkanes of at least 4 members (excludes halogenated alkanes) is 1. The molecular weight excluding hydrogens is 216 g/mol. The van der Waals surface area contributed by atoms with Crippen LogP contribution in [0.1, 0.15) is 50.2 Å². The van der Waals surface area contributed by atoms with E-state index < -0.39 is 0 Å². The van der Waals surface area contributed by atoms with Gasteiger partial charge in [0.05, 0.1) is 0 Å². The van der Waals surface area contributed by atoms with Gasteiger partial charge < -0.3 is 0 Å². The molecule has 18 heavy (non-hydrogen) atoms. The quantitative estimate of drug-likeness (QED) is 0.485. The third-order valence-corrected chi connectivity index (χ3v) is 4.23. The summed E-state index contributed by atoms with van der Waals surface area (Å²) in [5.41, 5.74) is 2.86. The zero-order chi connectivity index (χ0) is 12.8. The Balaban J connectivity index is 1.68. The molecule has 0 aromatic heterocycles. The molecule has 0 saturated heterocycles. The summed E-state index contributed by atoms with van der Waals surface area (Å²) in [4.78, 5) is 0. The Morgan fingerprint density at radius 3 is 2.89 bits per heavy atom. The largest absolute Gasteiger partial charge is 0.0882 e. The van der Waals surface area contributed by atoms with E-state index in [1.807, 2.05) is 0 Å². The highest BCUT2D eigenvalue weighted by molar-refractivity contribution is 5.22. The minimum absolute atomic E-state index is 0.865. The van der Waals surface area contributed by atoms with Crippen molar-refractivity contribution in [1.29, 1.82) is 0 Å². The van der Waals surface area contributed by atoms with Gasteiger partial charge in [0.2, 0.25) is 0 Å². The second-order valence-electron chi connectivity index (χ2n) is 5.88. The van der Waals surface area contributed by atoms with Crippen LogP contribution in [0.25, 0.3) is 0 Å². The maximum atomic E-state index is 2.48. The van der Waals surface area contributed by atoms with Crippen molar-refractivity contribution < 1.29 is 0 Å². The molecule has 0 spiro atoms. The third-order valence-electron chi connectivity index (χ3n) is 4.23. The molecule has 0 heterocycles. The average Bonchev–Trinajstić information content (AvgIpc) is 2.75. The summed E-state index contributed by atoms with van der Waals surface area (Å²) in [5, 5.41) is 0. The zero-order valence-corrected chi connectivity index (χ0v) is 11.9. The molecule has 1 aromatic carbocycles. The van der Waals surface area contributed by atoms with Gasteiger partial charge in [-0.25, -0.2) is 0 Å². The molecule has 2 unspecified atom stereocenters. The maximum absolute atomic E-state index is 2.48. The van der Waals surface area contributed by atoms with Crippen molar-refractivity contribution in [2.24, 2.45) is 11.8 Å². The van der Waals surface area contributed by atoms with Crippen LogP contribution in [0.3, 0.4) is 0 Å². The fourth-order valence-electron chi connectivity index (χ4n) is 3.02. The number of allylic oxidation sites excluding steroid dienone is 2. The number of rotatable bonds is 5. The van der Waals surface area contributed by atoms with Crippen molar-refractivity contribution in [2.45, 2.75) is 52.4 Å². The van der Waals surface area contributed by atoms with Crippen LogP contribution in [0.5, 0.6) is 0 Å². The van der Waals surface area contributed by atoms with Crippen LogP contribution in [-0.2, 0) is 6.42 Å². The number of hydrogen-bond acceptors (Lipinski definition) is 0. The number of benzene rings is 1. The highest BCUT2D eigenvalue weighted by Crippen LogP contribution is 2.32. The van der Waals surface area contributed by atoms with Crippen molar-refractivity contribution in [3.63, 3.8) is 0 Å². The van der Waals surface area contributed by atoms with Gasteiger partial charge in [-0.15, -0.1) is 0 Å². The summed E-state index contributed by atoms with van der Waals surface area (Å²) in [6.07, 6.45) is 12.9. The summed E-state index contributed by atoms with van der Waals surface area (Å²) in [5.74, 6) is 1.78. The summed E-state index contributed by atoms with van der Waals surface area (Å²) in [7, 11) is 0. The van der Waals surface area contributed by atoms with Crippen molar-refractivity contribution >= 4 is 0 Å². The van der Waals surface area contributed by atoms with E-state index in [2.05, 4.69) is 50.3 Å². The second-order valence-corrected chi connectivity index (χ2v) is 5.88. The summed E-state index contributed by atoms with van der Waals surface area (Å²) < 4.78 is 0. The van der Waals surface area contributed by atoms with Gasteiger partial charge in [-0.3, -0.25) is 0 Å². The highest BCUT2D eigenvalue weighted by atomic mass is 14.2. The molecule has 0 heteroatoms. The van der Waals surface area contributed by atoms with Gasteiger partial charge in [-0.2, -0.15) is 0 Å². The van der Waals surface area contributed by atoms with Crippen LogP contribution in [0.4, 0.5) is 0 Å². The van der Waals surface area contributed by atoms with E-state index in [0.29, 0.717) is 0 Å². The summed E-state index contributed by atoms with van der Waals surface area (Å²) in [6.45, 7) is 4.57. The monoisotopic (exact) mass is 242 g/mol. The molecule has 0 bridgehead atoms. The Hall–Kier alpha value is -1.04. The Labute approximate surface area is 112 Å². The lowest BCUT2D eigenvalue weighted by Crippen LogP contribution is -1.98. The van der Waals surface area contributed by atoms with E-state index in [1.165, 1.54) is 49.7 Å². The average molecular weight is 242 g/mol. The maximum Gasteiger partial charge on any atom is -0.0208 e. The lowest BCUT2D eigenvalue weighted by atomic mass is 9.97. The van der Waals surface area contributed by atoms with Crippen LogP contribution in [-0.4, -0.2) is 0 Å². The molecule has 1 fully saturated rings. The van der Waals surface area contributed by atoms with Gasteiger partial charge in [-0.1, -0.05) is 61.7 Å². The van der Waals surface area contributed by atoms with Crippen LogP contribution in [0.15, 0.2) is 36.4 Å². The molecule has 0 aliphatic heterocycles. The fraction of sp³-hybridized carbons (Fsp3) is 0.556. The van der Waals surface area contributed by atoms with Crippen LogP contribution in [0.2, 0.25) is 0 Å². The molecule has 0 N–H and O–H groups in total. The Bertz CT molecular complexity index is 389. The predicted molar refractivity (Wildman–Crippen MR) is 79.8 cm³/mol. The lowest BCUT2D eigenvalue weighted by Gasteiger charge is -2.09. The fourth-order valence-corrected chi connectivity index (χ4v) is 3.02. The minimum Gasteiger partial charge on any atom is -0.0882 e. The smallest absolute Gasteiger partial charge is 0.0208 e.